The van der Waals surface area contributed by atoms with Crippen LogP contribution in [0.3, 0.4) is 0 Å². The summed E-state index contributed by atoms with van der Waals surface area (Å²) in [7, 11) is 1.51. The van der Waals surface area contributed by atoms with E-state index in [-0.39, 0.29) is 6.04 Å². The lowest BCUT2D eigenvalue weighted by Crippen LogP contribution is -2.58. The summed E-state index contributed by atoms with van der Waals surface area (Å²) in [5.41, 5.74) is -3.23. The summed E-state index contributed by atoms with van der Waals surface area (Å²) in [5, 5.41) is 5.34. The van der Waals surface area contributed by atoms with Gasteiger partial charge in [-0.05, 0) is 73.2 Å². The van der Waals surface area contributed by atoms with Crippen molar-refractivity contribution in [2.75, 3.05) is 25.5 Å². The molecule has 41 heavy (non-hydrogen) atoms. The van der Waals surface area contributed by atoms with Crippen molar-refractivity contribution in [2.45, 2.75) is 50.6 Å². The Balaban J connectivity index is 1.55. The van der Waals surface area contributed by atoms with Gasteiger partial charge in [-0.15, -0.1) is 0 Å². The number of piperidine rings is 3. The fourth-order valence-electron chi connectivity index (χ4n) is 6.37. The number of nitrogens with one attached hydrogen (secondary N) is 2. The fourth-order valence-corrected chi connectivity index (χ4v) is 6.37. The van der Waals surface area contributed by atoms with Crippen LogP contribution in [-0.4, -0.2) is 42.2 Å². The third kappa shape index (κ3) is 5.79. The molecular weight excluding hydrogens is 550 g/mol. The molecule has 3 aliphatic rings. The van der Waals surface area contributed by atoms with Crippen LogP contribution in [0.2, 0.25) is 0 Å². The number of hydrogen-bond acceptors (Lipinski definition) is 4. The summed E-state index contributed by atoms with van der Waals surface area (Å²) in [6.07, 6.45) is -5.95. The minimum Gasteiger partial charge on any atom is -0.497 e. The van der Waals surface area contributed by atoms with Crippen molar-refractivity contribution in [3.05, 3.63) is 65.4 Å². The Bertz CT molecular complexity index is 1390. The zero-order chi connectivity index (χ0) is 29.5. The summed E-state index contributed by atoms with van der Waals surface area (Å²) in [4.78, 5) is 20.0. The molecule has 2 amide bonds. The first-order valence-corrected chi connectivity index (χ1v) is 13.4. The first kappa shape index (κ1) is 29.0. The van der Waals surface area contributed by atoms with E-state index in [0.29, 0.717) is 52.3 Å². The van der Waals surface area contributed by atoms with Crippen LogP contribution in [0.4, 0.5) is 36.8 Å². The maximum atomic E-state index is 13.7. The second-order valence-electron chi connectivity index (χ2n) is 10.6. The number of carbonyl (C=O) groups excluding carboxylic acids is 1. The Kier molecular flexibility index (Phi) is 7.80. The lowest BCUT2D eigenvalue weighted by atomic mass is 9.72. The van der Waals surface area contributed by atoms with Gasteiger partial charge >= 0.3 is 18.4 Å². The molecule has 2 aromatic carbocycles. The van der Waals surface area contributed by atoms with Crippen LogP contribution >= 0.6 is 0 Å². The molecule has 12 heteroatoms. The molecule has 1 aromatic heterocycles. The van der Waals surface area contributed by atoms with E-state index >= 15 is 0 Å². The molecule has 2 bridgehead atoms. The van der Waals surface area contributed by atoms with Gasteiger partial charge in [-0.1, -0.05) is 19.4 Å². The number of methoxy groups -OCH3 is 1. The number of halogens is 6. The van der Waals surface area contributed by atoms with Crippen molar-refractivity contribution in [3.63, 3.8) is 0 Å². The monoisotopic (exact) mass is 580 g/mol. The van der Waals surface area contributed by atoms with Crippen LogP contribution in [0.15, 0.2) is 48.7 Å². The molecule has 3 saturated heterocycles. The van der Waals surface area contributed by atoms with E-state index in [1.807, 2.05) is 5.32 Å². The first-order chi connectivity index (χ1) is 19.4. The minimum atomic E-state index is -5.12. The molecule has 1 unspecified atom stereocenters. The van der Waals surface area contributed by atoms with Gasteiger partial charge in [-0.3, -0.25) is 9.88 Å². The first-order valence-electron chi connectivity index (χ1n) is 13.4. The van der Waals surface area contributed by atoms with E-state index in [1.54, 1.807) is 30.5 Å². The summed E-state index contributed by atoms with van der Waals surface area (Å²) < 4.78 is 87.8. The van der Waals surface area contributed by atoms with Gasteiger partial charge < -0.3 is 15.4 Å². The van der Waals surface area contributed by atoms with Crippen molar-refractivity contribution in [1.82, 2.24) is 15.2 Å². The Morgan fingerprint density at radius 1 is 1.10 bits per heavy atom. The van der Waals surface area contributed by atoms with Gasteiger partial charge in [-0.2, -0.15) is 26.3 Å². The molecule has 0 saturated carbocycles. The van der Waals surface area contributed by atoms with Gasteiger partial charge in [0.15, 0.2) is 0 Å². The van der Waals surface area contributed by atoms with Crippen molar-refractivity contribution >= 4 is 22.6 Å². The predicted molar refractivity (Wildman–Crippen MR) is 142 cm³/mol. The molecule has 0 radical (unpaired) electrons. The smallest absolute Gasteiger partial charge is 0.418 e. The lowest BCUT2D eigenvalue weighted by Gasteiger charge is -2.52. The van der Waals surface area contributed by atoms with Crippen molar-refractivity contribution in [1.29, 1.82) is 0 Å². The van der Waals surface area contributed by atoms with Gasteiger partial charge in [0.2, 0.25) is 0 Å². The van der Waals surface area contributed by atoms with Crippen LogP contribution in [0.25, 0.3) is 10.9 Å². The highest BCUT2D eigenvalue weighted by Crippen LogP contribution is 2.44. The standard InChI is InChI=1S/C29H30F6N4O2/c1-3-16-15-39-12-10-17(16)13-24(39)25(19-9-11-36-23-8-7-18(41-2)14-20(19)23)37-27(40)38-26-21(28(30,31)32)5-4-6-22(26)29(33,34)35/h4-9,11,14,16-17,24-25H,3,10,12-13,15H2,1-2H3,(H2,37,38,40)/t16-,17-,24-,25-/m0/s1. The topological polar surface area (TPSA) is 66.5 Å². The van der Waals surface area contributed by atoms with Crippen molar-refractivity contribution < 1.29 is 35.9 Å². The molecule has 4 heterocycles. The zero-order valence-electron chi connectivity index (χ0n) is 22.4. The Morgan fingerprint density at radius 3 is 2.39 bits per heavy atom. The number of urea groups is 1. The summed E-state index contributed by atoms with van der Waals surface area (Å²) in [6.45, 7) is 3.71. The van der Waals surface area contributed by atoms with Gasteiger partial charge in [0, 0.05) is 24.2 Å². The molecule has 6 nitrogen and oxygen atoms in total. The molecule has 3 aromatic rings. The maximum Gasteiger partial charge on any atom is 0.418 e. The van der Waals surface area contributed by atoms with Gasteiger partial charge in [0.25, 0.3) is 0 Å². The number of pyridine rings is 1. The summed E-state index contributed by atoms with van der Waals surface area (Å²) in [5.74, 6) is 1.42. The van der Waals surface area contributed by atoms with Crippen molar-refractivity contribution in [2.24, 2.45) is 11.8 Å². The number of rotatable bonds is 6. The van der Waals surface area contributed by atoms with Crippen LogP contribution in [-0.2, 0) is 12.4 Å². The maximum absolute atomic E-state index is 13.7. The van der Waals surface area contributed by atoms with E-state index in [4.69, 9.17) is 4.74 Å². The van der Waals surface area contributed by atoms with Gasteiger partial charge in [0.05, 0.1) is 35.5 Å². The Morgan fingerprint density at radius 2 is 1.80 bits per heavy atom. The van der Waals surface area contributed by atoms with Gasteiger partial charge in [-0.25, -0.2) is 4.79 Å². The Hall–Kier alpha value is -3.54. The van der Waals surface area contributed by atoms with Crippen LogP contribution in [0.5, 0.6) is 5.75 Å². The molecule has 2 N–H and O–H groups in total. The molecule has 3 fully saturated rings. The summed E-state index contributed by atoms with van der Waals surface area (Å²) in [6, 6.07) is 6.53. The largest absolute Gasteiger partial charge is 0.497 e. The van der Waals surface area contributed by atoms with E-state index < -0.39 is 41.2 Å². The molecule has 3 aliphatic heterocycles. The van der Waals surface area contributed by atoms with E-state index in [0.717, 1.165) is 32.4 Å². The molecule has 0 aliphatic carbocycles. The number of carbonyl (C=O) groups is 1. The number of anilines is 1. The quantitative estimate of drug-likeness (QED) is 0.301. The fraction of sp³-hybridized carbons (Fsp3) is 0.448. The Labute approximate surface area is 233 Å². The molecule has 220 valence electrons. The van der Waals surface area contributed by atoms with E-state index in [2.05, 4.69) is 22.1 Å². The molecule has 5 atom stereocenters. The third-order valence-electron chi connectivity index (χ3n) is 8.36. The second kappa shape index (κ2) is 11.0. The number of ether oxygens (including phenoxy) is 1. The number of para-hydroxylation sites is 1. The number of nitrogens with zero attached hydrogens (tertiary/aromatic N) is 2. The van der Waals surface area contributed by atoms with E-state index in [9.17, 15) is 31.1 Å². The van der Waals surface area contributed by atoms with Gasteiger partial charge in [0.1, 0.15) is 5.75 Å². The van der Waals surface area contributed by atoms with Crippen molar-refractivity contribution in [3.8, 4) is 5.75 Å². The number of hydrogen-bond donors (Lipinski definition) is 2. The van der Waals surface area contributed by atoms with E-state index in [1.165, 1.54) is 7.11 Å². The normalized spacial score (nSPS) is 23.3. The molecular formula is C29H30F6N4O2. The number of alkyl halides is 6. The average Bonchev–Trinajstić information content (AvgIpc) is 2.94. The van der Waals surface area contributed by atoms with Crippen LogP contribution in [0, 0.1) is 11.8 Å². The number of aromatic nitrogens is 1. The molecule has 6 rings (SSSR count). The average molecular weight is 581 g/mol. The number of benzene rings is 2. The predicted octanol–water partition coefficient (Wildman–Crippen LogP) is 7.26. The minimum absolute atomic E-state index is 0.223. The molecule has 0 spiro atoms. The highest BCUT2D eigenvalue weighted by molar-refractivity contribution is 5.92. The van der Waals surface area contributed by atoms with Crippen LogP contribution < -0.4 is 15.4 Å². The third-order valence-corrected chi connectivity index (χ3v) is 8.36. The lowest BCUT2D eigenvalue weighted by molar-refractivity contribution is -0.141. The van der Waals surface area contributed by atoms with Crippen LogP contribution in [0.1, 0.15) is 48.9 Å². The highest BCUT2D eigenvalue weighted by Gasteiger charge is 2.45. The second-order valence-corrected chi connectivity index (χ2v) is 10.6. The number of amides is 2. The highest BCUT2D eigenvalue weighted by atomic mass is 19.4. The summed E-state index contributed by atoms with van der Waals surface area (Å²) >= 11 is 0. The zero-order valence-corrected chi connectivity index (χ0v) is 22.4. The number of fused-ring (bicyclic) bond motifs is 4. The SMILES string of the molecule is CC[C@H]1CN2CC[C@H]1C[C@H]2[C@@H](NC(=O)Nc1c(C(F)(F)F)cccc1C(F)(F)F)c1ccnc2ccc(OC)cc12.